The van der Waals surface area contributed by atoms with Crippen molar-refractivity contribution >= 4 is 22.6 Å². The van der Waals surface area contributed by atoms with E-state index in [0.29, 0.717) is 21.6 Å². The number of rotatable bonds is 2. The fraction of sp³-hybridized carbons (Fsp3) is 0.318. The summed E-state index contributed by atoms with van der Waals surface area (Å²) < 4.78 is 126. The summed E-state index contributed by atoms with van der Waals surface area (Å²) in [6, 6.07) is 0.796. The lowest BCUT2D eigenvalue weighted by Crippen LogP contribution is -2.48. The van der Waals surface area contributed by atoms with Crippen molar-refractivity contribution in [3.8, 4) is 5.75 Å². The maximum absolute atomic E-state index is 14.1. The molecule has 1 aliphatic heterocycles. The molecule has 14 heteroatoms. The number of halogens is 9. The van der Waals surface area contributed by atoms with E-state index < -0.39 is 54.0 Å². The second-order valence-electron chi connectivity index (χ2n) is 8.04. The van der Waals surface area contributed by atoms with Gasteiger partial charge in [-0.2, -0.15) is 39.5 Å². The number of hydrogen-bond acceptors (Lipinski definition) is 2. The van der Waals surface area contributed by atoms with E-state index in [1.165, 1.54) is 25.3 Å². The number of nitrogens with one attached hydrogen (secondary N) is 2. The molecule has 1 unspecified atom stereocenters. The molecule has 2 heterocycles. The minimum atomic E-state index is -5.19. The normalized spacial score (nSPS) is 16.7. The monoisotopic (exact) mass is 525 g/mol. The highest BCUT2D eigenvalue weighted by atomic mass is 19.4. The van der Waals surface area contributed by atoms with E-state index in [-0.39, 0.29) is 35.9 Å². The van der Waals surface area contributed by atoms with Gasteiger partial charge in [0.25, 0.3) is 0 Å². The highest BCUT2D eigenvalue weighted by Crippen LogP contribution is 2.45. The number of alkyl halides is 9. The van der Waals surface area contributed by atoms with Gasteiger partial charge in [-0.05, 0) is 48.4 Å². The van der Waals surface area contributed by atoms with Crippen molar-refractivity contribution in [3.63, 3.8) is 0 Å². The SMILES string of the molecule is COc1ccc2[nH]c3c(c2c1)CCN(C(=O)Nc1cc(C(F)(F)F)cc(C(F)(F)F)c1)C3C(F)(F)F. The average Bonchev–Trinajstić information content (AvgIpc) is 3.13. The summed E-state index contributed by atoms with van der Waals surface area (Å²) in [7, 11) is 1.38. The molecule has 0 saturated heterocycles. The van der Waals surface area contributed by atoms with Crippen molar-refractivity contribution in [3.05, 3.63) is 58.8 Å². The van der Waals surface area contributed by atoms with Gasteiger partial charge in [-0.1, -0.05) is 0 Å². The zero-order valence-electron chi connectivity index (χ0n) is 18.1. The number of nitrogens with zero attached hydrogens (tertiary/aromatic N) is 1. The Labute approximate surface area is 196 Å². The Balaban J connectivity index is 1.73. The van der Waals surface area contributed by atoms with Crippen molar-refractivity contribution in [1.29, 1.82) is 0 Å². The lowest BCUT2D eigenvalue weighted by atomic mass is 9.97. The maximum Gasteiger partial charge on any atom is 0.416 e. The molecule has 5 nitrogen and oxygen atoms in total. The van der Waals surface area contributed by atoms with Gasteiger partial charge >= 0.3 is 24.6 Å². The van der Waals surface area contributed by atoms with Crippen LogP contribution in [-0.4, -0.2) is 35.7 Å². The standard InChI is InChI=1S/C22H16F9N3O2/c1-36-13-2-3-16-15(9-13)14-4-5-34(18(17(14)33-16)22(29,30)31)19(35)32-12-7-10(20(23,24)25)6-11(8-12)21(26,27)28/h2-3,6-9,18,33H,4-5H2,1H3,(H,32,35). The number of H-pyrrole nitrogens is 1. The van der Waals surface area contributed by atoms with Crippen LogP contribution in [0.2, 0.25) is 0 Å². The highest BCUT2D eigenvalue weighted by molar-refractivity contribution is 5.91. The largest absolute Gasteiger partial charge is 0.497 e. The van der Waals surface area contributed by atoms with Crippen LogP contribution in [0.4, 0.5) is 50.0 Å². The number of amides is 2. The number of fused-ring (bicyclic) bond motifs is 3. The average molecular weight is 525 g/mol. The Bertz CT molecular complexity index is 1280. The number of anilines is 1. The number of carbonyl (C=O) groups is 1. The lowest BCUT2D eigenvalue weighted by Gasteiger charge is -2.36. The summed E-state index contributed by atoms with van der Waals surface area (Å²) in [5.41, 5.74) is -4.13. The molecule has 4 rings (SSSR count). The van der Waals surface area contributed by atoms with Crippen LogP contribution in [-0.2, 0) is 18.8 Å². The Kier molecular flexibility index (Phi) is 6.04. The van der Waals surface area contributed by atoms with E-state index in [2.05, 4.69) is 4.98 Å². The molecule has 0 aliphatic carbocycles. The molecule has 1 atom stereocenters. The van der Waals surface area contributed by atoms with Crippen molar-refractivity contribution in [2.75, 3.05) is 19.0 Å². The van der Waals surface area contributed by atoms with Crippen LogP contribution in [0, 0.1) is 0 Å². The molecule has 1 aliphatic rings. The van der Waals surface area contributed by atoms with Crippen LogP contribution < -0.4 is 10.1 Å². The van der Waals surface area contributed by atoms with Crippen LogP contribution in [0.1, 0.15) is 28.4 Å². The molecule has 3 aromatic rings. The van der Waals surface area contributed by atoms with Gasteiger partial charge in [0, 0.05) is 23.1 Å². The number of methoxy groups -OCH3 is 1. The molecule has 2 N–H and O–H groups in total. The smallest absolute Gasteiger partial charge is 0.416 e. The van der Waals surface area contributed by atoms with Crippen LogP contribution in [0.25, 0.3) is 10.9 Å². The Morgan fingerprint density at radius 3 is 2.11 bits per heavy atom. The third kappa shape index (κ3) is 4.75. The molecule has 0 saturated carbocycles. The third-order valence-electron chi connectivity index (χ3n) is 5.74. The van der Waals surface area contributed by atoms with Crippen LogP contribution in [0.15, 0.2) is 36.4 Å². The van der Waals surface area contributed by atoms with Gasteiger partial charge in [0.15, 0.2) is 6.04 Å². The van der Waals surface area contributed by atoms with Crippen molar-refractivity contribution in [2.45, 2.75) is 31.0 Å². The molecule has 0 fully saturated rings. The molecule has 2 amide bonds. The van der Waals surface area contributed by atoms with Gasteiger partial charge < -0.3 is 19.9 Å². The first-order chi connectivity index (χ1) is 16.6. The number of benzene rings is 2. The molecular weight excluding hydrogens is 509 g/mol. The van der Waals surface area contributed by atoms with E-state index in [0.717, 1.165) is 0 Å². The molecule has 2 aromatic carbocycles. The zero-order valence-corrected chi connectivity index (χ0v) is 18.1. The molecule has 36 heavy (non-hydrogen) atoms. The van der Waals surface area contributed by atoms with Gasteiger partial charge in [-0.15, -0.1) is 0 Å². The summed E-state index contributed by atoms with van der Waals surface area (Å²) in [5.74, 6) is 0.387. The quantitative estimate of drug-likeness (QED) is 0.358. The summed E-state index contributed by atoms with van der Waals surface area (Å²) in [6.07, 6.45) is -15.5. The molecule has 1 aromatic heterocycles. The van der Waals surface area contributed by atoms with E-state index in [4.69, 9.17) is 4.74 Å². The first-order valence-corrected chi connectivity index (χ1v) is 10.2. The highest BCUT2D eigenvalue weighted by Gasteiger charge is 2.50. The van der Waals surface area contributed by atoms with Crippen molar-refractivity contribution < 1.29 is 49.0 Å². The predicted molar refractivity (Wildman–Crippen MR) is 110 cm³/mol. The van der Waals surface area contributed by atoms with Gasteiger partial charge in [0.05, 0.1) is 23.9 Å². The molecule has 194 valence electrons. The summed E-state index contributed by atoms with van der Waals surface area (Å²) in [6.45, 7) is -0.502. The van der Waals surface area contributed by atoms with E-state index in [1.807, 2.05) is 0 Å². The third-order valence-corrected chi connectivity index (χ3v) is 5.74. The van der Waals surface area contributed by atoms with Crippen LogP contribution in [0.5, 0.6) is 5.75 Å². The lowest BCUT2D eigenvalue weighted by molar-refractivity contribution is -0.180. The number of aromatic nitrogens is 1. The second-order valence-corrected chi connectivity index (χ2v) is 8.04. The van der Waals surface area contributed by atoms with Gasteiger partial charge in [0.2, 0.25) is 0 Å². The Morgan fingerprint density at radius 1 is 0.972 bits per heavy atom. The second kappa shape index (κ2) is 8.52. The van der Waals surface area contributed by atoms with Gasteiger partial charge in [0.1, 0.15) is 5.75 Å². The molecular formula is C22H16F9N3O2. The summed E-state index contributed by atoms with van der Waals surface area (Å²) >= 11 is 0. The maximum atomic E-state index is 14.1. The number of carbonyl (C=O) groups excluding carboxylic acids is 1. The fourth-order valence-corrected chi connectivity index (χ4v) is 4.18. The number of hydrogen-bond donors (Lipinski definition) is 2. The van der Waals surface area contributed by atoms with E-state index in [9.17, 15) is 44.3 Å². The van der Waals surface area contributed by atoms with Gasteiger partial charge in [-0.3, -0.25) is 0 Å². The predicted octanol–water partition coefficient (Wildman–Crippen LogP) is 6.91. The zero-order chi connectivity index (χ0) is 26.6. The van der Waals surface area contributed by atoms with Crippen LogP contribution >= 0.6 is 0 Å². The minimum absolute atomic E-state index is 0.0567. The fourth-order valence-electron chi connectivity index (χ4n) is 4.18. The summed E-state index contributed by atoms with van der Waals surface area (Å²) in [4.78, 5) is 15.7. The number of aromatic amines is 1. The first-order valence-electron chi connectivity index (χ1n) is 10.2. The Morgan fingerprint density at radius 2 is 1.58 bits per heavy atom. The van der Waals surface area contributed by atoms with E-state index >= 15 is 0 Å². The minimum Gasteiger partial charge on any atom is -0.497 e. The Hall–Kier alpha value is -3.58. The van der Waals surface area contributed by atoms with Crippen LogP contribution in [0.3, 0.4) is 0 Å². The first kappa shape index (κ1) is 25.5. The van der Waals surface area contributed by atoms with Gasteiger partial charge in [-0.25, -0.2) is 4.79 Å². The molecule has 0 spiro atoms. The topological polar surface area (TPSA) is 57.4 Å². The van der Waals surface area contributed by atoms with Crippen molar-refractivity contribution in [2.24, 2.45) is 0 Å². The number of ether oxygens (including phenoxy) is 1. The van der Waals surface area contributed by atoms with E-state index in [1.54, 1.807) is 5.32 Å². The van der Waals surface area contributed by atoms with Crippen molar-refractivity contribution in [1.82, 2.24) is 9.88 Å². The molecule has 0 radical (unpaired) electrons. The number of urea groups is 1. The molecule has 0 bridgehead atoms. The summed E-state index contributed by atoms with van der Waals surface area (Å²) in [5, 5.41) is 2.21.